The van der Waals surface area contributed by atoms with E-state index in [0.717, 1.165) is 36.2 Å². The van der Waals surface area contributed by atoms with Crippen molar-refractivity contribution in [3.63, 3.8) is 0 Å². The average molecular weight is 544 g/mol. The van der Waals surface area contributed by atoms with Crippen LogP contribution in [0.1, 0.15) is 67.3 Å². The monoisotopic (exact) mass is 543 g/mol. The summed E-state index contributed by atoms with van der Waals surface area (Å²) in [7, 11) is 1.87. The standard InChI is InChI=1S/C27H34ClN5O5/c1-16-29-30-23(31(16)2)15-38-22-10-9-20(28)19-11-13-33(21(25(19)22)14-32-12-5-8-24(32)34)26(35)17-6-3-4-7-18(17)27(36)37/h9-10,17-18,21H,3-8,11-15H2,1-2H3,(H,36,37)/t17-,18+,21-/m1/s1. The topological polar surface area (TPSA) is 118 Å². The number of carboxylic acid groups (broad SMARTS) is 1. The van der Waals surface area contributed by atoms with E-state index in [-0.39, 0.29) is 18.4 Å². The zero-order chi connectivity index (χ0) is 27.0. The van der Waals surface area contributed by atoms with Crippen LogP contribution in [0.3, 0.4) is 0 Å². The number of rotatable bonds is 7. The molecule has 3 heterocycles. The Kier molecular flexibility index (Phi) is 7.61. The Bertz CT molecular complexity index is 1250. The second kappa shape index (κ2) is 10.9. The molecule has 204 valence electrons. The van der Waals surface area contributed by atoms with Crippen LogP contribution in [0, 0.1) is 18.8 Å². The van der Waals surface area contributed by atoms with Crippen LogP contribution in [-0.2, 0) is 34.5 Å². The van der Waals surface area contributed by atoms with E-state index in [2.05, 4.69) is 10.2 Å². The summed E-state index contributed by atoms with van der Waals surface area (Å²) in [6.07, 6.45) is 4.49. The van der Waals surface area contributed by atoms with Crippen LogP contribution in [0.4, 0.5) is 0 Å². The third kappa shape index (κ3) is 4.98. The van der Waals surface area contributed by atoms with E-state index in [1.54, 1.807) is 21.9 Å². The maximum absolute atomic E-state index is 14.0. The SMILES string of the molecule is Cc1nnc(COc2ccc(Cl)c3c2[C@@H](CN2CCCC2=O)N(C(=O)[C@@H]2CCCC[C@@H]2C(=O)O)CC3)n1C. The molecule has 2 aromatic rings. The largest absolute Gasteiger partial charge is 0.485 e. The molecular weight excluding hydrogens is 510 g/mol. The summed E-state index contributed by atoms with van der Waals surface area (Å²) in [5.41, 5.74) is 1.69. The summed E-state index contributed by atoms with van der Waals surface area (Å²) in [5, 5.41) is 18.7. The highest BCUT2D eigenvalue weighted by molar-refractivity contribution is 6.31. The fraction of sp³-hybridized carbons (Fsp3) is 0.593. The van der Waals surface area contributed by atoms with E-state index in [9.17, 15) is 19.5 Å². The number of carboxylic acids is 1. The quantitative estimate of drug-likeness (QED) is 0.569. The summed E-state index contributed by atoms with van der Waals surface area (Å²) < 4.78 is 8.13. The molecule has 5 rings (SSSR count). The number of aromatic nitrogens is 3. The molecule has 1 saturated heterocycles. The van der Waals surface area contributed by atoms with Gasteiger partial charge in [-0.2, -0.15) is 0 Å². The summed E-state index contributed by atoms with van der Waals surface area (Å²) >= 11 is 6.67. The first kappa shape index (κ1) is 26.5. The zero-order valence-corrected chi connectivity index (χ0v) is 22.6. The maximum atomic E-state index is 14.0. The number of hydrogen-bond donors (Lipinski definition) is 1. The number of ether oxygens (including phenoxy) is 1. The van der Waals surface area contributed by atoms with Crippen LogP contribution in [0.5, 0.6) is 5.75 Å². The number of carbonyl (C=O) groups excluding carboxylic acids is 2. The van der Waals surface area contributed by atoms with Gasteiger partial charge >= 0.3 is 5.97 Å². The third-order valence-corrected chi connectivity index (χ3v) is 8.71. The van der Waals surface area contributed by atoms with Crippen molar-refractivity contribution < 1.29 is 24.2 Å². The minimum absolute atomic E-state index is 0.0599. The van der Waals surface area contributed by atoms with Gasteiger partial charge in [-0.15, -0.1) is 10.2 Å². The minimum atomic E-state index is -0.919. The fourth-order valence-corrected chi connectivity index (χ4v) is 6.38. The van der Waals surface area contributed by atoms with Gasteiger partial charge in [-0.3, -0.25) is 14.4 Å². The second-order valence-electron chi connectivity index (χ2n) is 10.5. The van der Waals surface area contributed by atoms with Crippen molar-refractivity contribution in [1.82, 2.24) is 24.6 Å². The molecule has 2 aliphatic heterocycles. The molecule has 1 N–H and O–H groups in total. The highest BCUT2D eigenvalue weighted by atomic mass is 35.5. The summed E-state index contributed by atoms with van der Waals surface area (Å²) in [6, 6.07) is 3.12. The van der Waals surface area contributed by atoms with E-state index in [4.69, 9.17) is 16.3 Å². The molecule has 1 aromatic heterocycles. The maximum Gasteiger partial charge on any atom is 0.307 e. The predicted molar refractivity (Wildman–Crippen MR) is 139 cm³/mol. The number of hydrogen-bond acceptors (Lipinski definition) is 6. The number of benzene rings is 1. The first-order valence-corrected chi connectivity index (χ1v) is 13.7. The van der Waals surface area contributed by atoms with Crippen LogP contribution < -0.4 is 4.74 Å². The van der Waals surface area contributed by atoms with Crippen molar-refractivity contribution in [3.8, 4) is 5.75 Å². The number of likely N-dealkylation sites (tertiary alicyclic amines) is 1. The number of fused-ring (bicyclic) bond motifs is 1. The summed E-state index contributed by atoms with van der Waals surface area (Å²) in [6.45, 7) is 3.40. The molecule has 0 spiro atoms. The molecule has 11 heteroatoms. The second-order valence-corrected chi connectivity index (χ2v) is 10.9. The van der Waals surface area contributed by atoms with Gasteiger partial charge in [0.2, 0.25) is 11.8 Å². The van der Waals surface area contributed by atoms with Crippen LogP contribution in [0.15, 0.2) is 12.1 Å². The Morgan fingerprint density at radius 3 is 2.53 bits per heavy atom. The predicted octanol–water partition coefficient (Wildman–Crippen LogP) is 3.30. The van der Waals surface area contributed by atoms with E-state index < -0.39 is 23.8 Å². The normalized spacial score (nSPS) is 23.4. The number of aliphatic carboxylic acids is 1. The Hall–Kier alpha value is -3.14. The van der Waals surface area contributed by atoms with E-state index >= 15 is 0 Å². The van der Waals surface area contributed by atoms with E-state index in [1.807, 2.05) is 18.5 Å². The lowest BCUT2D eigenvalue weighted by Gasteiger charge is -2.43. The first-order valence-electron chi connectivity index (χ1n) is 13.4. The molecule has 1 saturated carbocycles. The molecule has 1 aromatic carbocycles. The smallest absolute Gasteiger partial charge is 0.307 e. The molecular formula is C27H34ClN5O5. The third-order valence-electron chi connectivity index (χ3n) is 8.36. The van der Waals surface area contributed by atoms with Gasteiger partial charge < -0.3 is 24.2 Å². The number of carbonyl (C=O) groups is 3. The Labute approximate surface area is 226 Å². The average Bonchev–Trinajstić information content (AvgIpc) is 3.47. The van der Waals surface area contributed by atoms with Gasteiger partial charge in [-0.05, 0) is 50.3 Å². The van der Waals surface area contributed by atoms with Crippen molar-refractivity contribution in [3.05, 3.63) is 39.9 Å². The number of halogens is 1. The molecule has 38 heavy (non-hydrogen) atoms. The molecule has 0 radical (unpaired) electrons. The van der Waals surface area contributed by atoms with Crippen molar-refractivity contribution in [1.29, 1.82) is 0 Å². The molecule has 0 bridgehead atoms. The van der Waals surface area contributed by atoms with Crippen molar-refractivity contribution in [2.45, 2.75) is 64.5 Å². The van der Waals surface area contributed by atoms with Crippen LogP contribution in [0.25, 0.3) is 0 Å². The van der Waals surface area contributed by atoms with E-state index in [0.29, 0.717) is 61.9 Å². The van der Waals surface area contributed by atoms with Crippen LogP contribution >= 0.6 is 11.6 Å². The van der Waals surface area contributed by atoms with Crippen LogP contribution in [-0.4, -0.2) is 67.1 Å². The lowest BCUT2D eigenvalue weighted by molar-refractivity contribution is -0.154. The highest BCUT2D eigenvalue weighted by Crippen LogP contribution is 2.43. The molecule has 2 amide bonds. The zero-order valence-electron chi connectivity index (χ0n) is 21.9. The van der Waals surface area contributed by atoms with Gasteiger partial charge in [0.1, 0.15) is 18.2 Å². The van der Waals surface area contributed by atoms with Crippen LogP contribution in [0.2, 0.25) is 5.02 Å². The van der Waals surface area contributed by atoms with Gasteiger partial charge in [0.25, 0.3) is 0 Å². The Balaban J connectivity index is 1.52. The Morgan fingerprint density at radius 2 is 1.87 bits per heavy atom. The van der Waals surface area contributed by atoms with E-state index in [1.165, 1.54) is 0 Å². The molecule has 3 atom stereocenters. The van der Waals surface area contributed by atoms with Crippen molar-refractivity contribution >= 4 is 29.4 Å². The summed E-state index contributed by atoms with van der Waals surface area (Å²) in [5.74, 6) is -0.280. The lowest BCUT2D eigenvalue weighted by atomic mass is 9.77. The van der Waals surface area contributed by atoms with Crippen molar-refractivity contribution in [2.75, 3.05) is 19.6 Å². The van der Waals surface area contributed by atoms with Gasteiger partial charge in [-0.1, -0.05) is 24.4 Å². The van der Waals surface area contributed by atoms with Gasteiger partial charge in [0.05, 0.1) is 17.9 Å². The van der Waals surface area contributed by atoms with Gasteiger partial charge in [-0.25, -0.2) is 0 Å². The highest BCUT2D eigenvalue weighted by Gasteiger charge is 2.43. The first-order chi connectivity index (χ1) is 18.3. The molecule has 3 aliphatic rings. The minimum Gasteiger partial charge on any atom is -0.485 e. The number of aryl methyl sites for hydroxylation is 1. The summed E-state index contributed by atoms with van der Waals surface area (Å²) in [4.78, 5) is 42.3. The molecule has 1 aliphatic carbocycles. The molecule has 0 unspecified atom stereocenters. The molecule has 10 nitrogen and oxygen atoms in total. The van der Waals surface area contributed by atoms with Gasteiger partial charge in [0.15, 0.2) is 5.82 Å². The number of nitrogens with zero attached hydrogens (tertiary/aromatic N) is 5. The van der Waals surface area contributed by atoms with Crippen molar-refractivity contribution in [2.24, 2.45) is 18.9 Å². The fourth-order valence-electron chi connectivity index (χ4n) is 6.12. The Morgan fingerprint density at radius 1 is 1.11 bits per heavy atom. The molecule has 2 fully saturated rings. The number of amides is 2. The lowest BCUT2D eigenvalue weighted by Crippen LogP contribution is -2.50. The van der Waals surface area contributed by atoms with Gasteiger partial charge in [0, 0.05) is 43.7 Å².